The standard InChI is InChI=1S/C16H18BN3/c17-13-5-3-11(4-6-13)15-9-19-16(20-15)14-7-12(8-18-14)10-1-2-10/h3-7,9-10,14,18H,1-2,8,17H2,(H,19,20)/t14-/m0/s1. The van der Waals surface area contributed by atoms with Gasteiger partial charge in [-0.3, -0.25) is 0 Å². The summed E-state index contributed by atoms with van der Waals surface area (Å²) in [4.78, 5) is 8.07. The molecule has 0 unspecified atom stereocenters. The maximum Gasteiger partial charge on any atom is 0.139 e. The maximum absolute atomic E-state index is 4.74. The van der Waals surface area contributed by atoms with Gasteiger partial charge in [0, 0.05) is 18.3 Å². The number of benzene rings is 1. The lowest BCUT2D eigenvalue weighted by atomic mass is 9.95. The molecule has 100 valence electrons. The monoisotopic (exact) mass is 263 g/mol. The predicted octanol–water partition coefficient (Wildman–Crippen LogP) is 1.32. The molecule has 0 radical (unpaired) electrons. The van der Waals surface area contributed by atoms with Gasteiger partial charge in [0.2, 0.25) is 0 Å². The van der Waals surface area contributed by atoms with Crippen LogP contribution < -0.4 is 10.8 Å². The topological polar surface area (TPSA) is 40.7 Å². The van der Waals surface area contributed by atoms with E-state index in [0.717, 1.165) is 24.0 Å². The largest absolute Gasteiger partial charge is 0.346 e. The molecule has 1 aliphatic carbocycles. The molecule has 1 atom stereocenters. The lowest BCUT2D eigenvalue weighted by molar-refractivity contribution is 0.669. The van der Waals surface area contributed by atoms with Crippen molar-refractivity contribution < 1.29 is 0 Å². The van der Waals surface area contributed by atoms with E-state index in [1.165, 1.54) is 23.9 Å². The Labute approximate surface area is 119 Å². The van der Waals surface area contributed by atoms with Gasteiger partial charge >= 0.3 is 0 Å². The molecule has 4 heteroatoms. The van der Waals surface area contributed by atoms with Gasteiger partial charge < -0.3 is 10.3 Å². The first kappa shape index (κ1) is 12.0. The lowest BCUT2D eigenvalue weighted by Crippen LogP contribution is -2.16. The minimum absolute atomic E-state index is 0.254. The molecule has 0 saturated heterocycles. The molecule has 0 spiro atoms. The van der Waals surface area contributed by atoms with E-state index in [2.05, 4.69) is 48.5 Å². The van der Waals surface area contributed by atoms with E-state index in [4.69, 9.17) is 4.98 Å². The van der Waals surface area contributed by atoms with Gasteiger partial charge in [-0.15, -0.1) is 0 Å². The zero-order valence-electron chi connectivity index (χ0n) is 11.7. The van der Waals surface area contributed by atoms with Crippen LogP contribution in [0.3, 0.4) is 0 Å². The summed E-state index contributed by atoms with van der Waals surface area (Å²) < 4.78 is 0. The minimum Gasteiger partial charge on any atom is -0.346 e. The number of hydrogen-bond acceptors (Lipinski definition) is 2. The van der Waals surface area contributed by atoms with Crippen molar-refractivity contribution >= 4 is 13.3 Å². The van der Waals surface area contributed by atoms with Gasteiger partial charge in [0.05, 0.1) is 11.7 Å². The molecular weight excluding hydrogens is 245 g/mol. The van der Waals surface area contributed by atoms with E-state index >= 15 is 0 Å². The highest BCUT2D eigenvalue weighted by Crippen LogP contribution is 2.39. The molecule has 20 heavy (non-hydrogen) atoms. The molecule has 0 bridgehead atoms. The molecular formula is C16H18BN3. The third-order valence-electron chi connectivity index (χ3n) is 4.25. The van der Waals surface area contributed by atoms with E-state index in [1.807, 2.05) is 6.20 Å². The fourth-order valence-corrected chi connectivity index (χ4v) is 2.84. The smallest absolute Gasteiger partial charge is 0.139 e. The number of aromatic amines is 1. The van der Waals surface area contributed by atoms with Crippen LogP contribution in [0, 0.1) is 5.92 Å². The number of aromatic nitrogens is 2. The summed E-state index contributed by atoms with van der Waals surface area (Å²) in [6.45, 7) is 1.02. The van der Waals surface area contributed by atoms with Crippen molar-refractivity contribution in [2.45, 2.75) is 18.9 Å². The molecule has 1 aliphatic heterocycles. The summed E-state index contributed by atoms with van der Waals surface area (Å²) in [6.07, 6.45) is 7.10. The van der Waals surface area contributed by atoms with Gasteiger partial charge in [-0.1, -0.05) is 41.4 Å². The summed E-state index contributed by atoms with van der Waals surface area (Å²) in [6, 6.07) is 8.77. The van der Waals surface area contributed by atoms with Crippen LogP contribution in [0.2, 0.25) is 0 Å². The molecule has 2 heterocycles. The average Bonchev–Trinajstić information content (AvgIpc) is 3.01. The van der Waals surface area contributed by atoms with Crippen LogP contribution in [0.1, 0.15) is 24.7 Å². The van der Waals surface area contributed by atoms with Gasteiger partial charge in [0.1, 0.15) is 13.7 Å². The quantitative estimate of drug-likeness (QED) is 0.647. The van der Waals surface area contributed by atoms with Crippen molar-refractivity contribution in [2.75, 3.05) is 6.54 Å². The molecule has 1 fully saturated rings. The Morgan fingerprint density at radius 1 is 1.15 bits per heavy atom. The van der Waals surface area contributed by atoms with E-state index in [-0.39, 0.29) is 6.04 Å². The van der Waals surface area contributed by atoms with Crippen molar-refractivity contribution in [3.8, 4) is 11.3 Å². The van der Waals surface area contributed by atoms with Crippen molar-refractivity contribution in [1.29, 1.82) is 0 Å². The van der Waals surface area contributed by atoms with E-state index in [9.17, 15) is 0 Å². The van der Waals surface area contributed by atoms with Crippen LogP contribution in [0.5, 0.6) is 0 Å². The van der Waals surface area contributed by atoms with E-state index < -0.39 is 0 Å². The van der Waals surface area contributed by atoms with Gasteiger partial charge in [0.15, 0.2) is 0 Å². The van der Waals surface area contributed by atoms with Crippen LogP contribution in [0.4, 0.5) is 0 Å². The number of H-pyrrole nitrogens is 1. The Hall–Kier alpha value is -1.81. The molecule has 1 aromatic heterocycles. The summed E-state index contributed by atoms with van der Waals surface area (Å²) in [5.41, 5.74) is 5.04. The molecule has 2 N–H and O–H groups in total. The van der Waals surface area contributed by atoms with Gasteiger partial charge in [0.25, 0.3) is 0 Å². The van der Waals surface area contributed by atoms with Crippen LogP contribution in [0.15, 0.2) is 42.1 Å². The highest BCUT2D eigenvalue weighted by atomic mass is 15.0. The Morgan fingerprint density at radius 2 is 1.95 bits per heavy atom. The highest BCUT2D eigenvalue weighted by molar-refractivity contribution is 6.32. The first-order valence-electron chi connectivity index (χ1n) is 7.36. The molecule has 3 nitrogen and oxygen atoms in total. The second-order valence-electron chi connectivity index (χ2n) is 5.91. The third-order valence-corrected chi connectivity index (χ3v) is 4.25. The molecule has 2 aromatic rings. The van der Waals surface area contributed by atoms with Gasteiger partial charge in [-0.25, -0.2) is 4.98 Å². The van der Waals surface area contributed by atoms with Gasteiger partial charge in [-0.2, -0.15) is 0 Å². The van der Waals surface area contributed by atoms with Crippen LogP contribution >= 0.6 is 0 Å². The second-order valence-corrected chi connectivity index (χ2v) is 5.91. The number of nitrogens with zero attached hydrogens (tertiary/aromatic N) is 1. The maximum atomic E-state index is 4.74. The first-order valence-corrected chi connectivity index (χ1v) is 7.36. The van der Waals surface area contributed by atoms with Crippen molar-refractivity contribution in [1.82, 2.24) is 15.3 Å². The summed E-state index contributed by atoms with van der Waals surface area (Å²) in [7, 11) is 2.10. The van der Waals surface area contributed by atoms with Crippen LogP contribution in [-0.2, 0) is 0 Å². The third kappa shape index (κ3) is 2.20. The predicted molar refractivity (Wildman–Crippen MR) is 83.8 cm³/mol. The van der Waals surface area contributed by atoms with Crippen LogP contribution in [-0.4, -0.2) is 24.4 Å². The summed E-state index contributed by atoms with van der Waals surface area (Å²) in [5.74, 6) is 1.87. The first-order chi connectivity index (χ1) is 9.79. The average molecular weight is 263 g/mol. The second kappa shape index (κ2) is 4.63. The summed E-state index contributed by atoms with van der Waals surface area (Å²) in [5, 5.41) is 3.53. The molecule has 1 saturated carbocycles. The lowest BCUT2D eigenvalue weighted by Gasteiger charge is -2.04. The zero-order valence-corrected chi connectivity index (χ0v) is 11.7. The van der Waals surface area contributed by atoms with Crippen molar-refractivity contribution in [2.24, 2.45) is 5.92 Å². The molecule has 2 aliphatic rings. The Morgan fingerprint density at radius 3 is 2.70 bits per heavy atom. The number of hydrogen-bond donors (Lipinski definition) is 2. The fourth-order valence-electron chi connectivity index (χ4n) is 2.84. The minimum atomic E-state index is 0.254. The van der Waals surface area contributed by atoms with Crippen molar-refractivity contribution in [3.05, 3.63) is 47.9 Å². The molecule has 1 aromatic carbocycles. The van der Waals surface area contributed by atoms with E-state index in [1.54, 1.807) is 5.57 Å². The zero-order chi connectivity index (χ0) is 13.5. The van der Waals surface area contributed by atoms with Crippen molar-refractivity contribution in [3.63, 3.8) is 0 Å². The Kier molecular flexibility index (Phi) is 2.77. The summed E-state index contributed by atoms with van der Waals surface area (Å²) >= 11 is 0. The Bertz CT molecular complexity index is 653. The van der Waals surface area contributed by atoms with E-state index in [0.29, 0.717) is 0 Å². The number of imidazole rings is 1. The number of nitrogens with one attached hydrogen (secondary N) is 2. The highest BCUT2D eigenvalue weighted by Gasteiger charge is 2.30. The van der Waals surface area contributed by atoms with Gasteiger partial charge in [-0.05, 0) is 18.8 Å². The fraction of sp³-hybridized carbons (Fsp3) is 0.312. The molecule has 0 amide bonds. The SMILES string of the molecule is Bc1ccc(-c2c[nH]c([C@@H]3C=C(C4CC4)CN3)n2)cc1. The Balaban J connectivity index is 1.57. The molecule has 4 rings (SSSR count). The number of rotatable bonds is 3. The normalized spacial score (nSPS) is 22.0. The van der Waals surface area contributed by atoms with Crippen LogP contribution in [0.25, 0.3) is 11.3 Å².